The van der Waals surface area contributed by atoms with Crippen LogP contribution in [0.5, 0.6) is 0 Å². The molecule has 0 atom stereocenters. The van der Waals surface area contributed by atoms with Crippen LogP contribution < -0.4 is 0 Å². The molecule has 0 radical (unpaired) electrons. The van der Waals surface area contributed by atoms with E-state index in [0.717, 1.165) is 32.4 Å². The number of hydrogen-bond donors (Lipinski definition) is 0. The third-order valence-electron chi connectivity index (χ3n) is 3.38. The van der Waals surface area contributed by atoms with Gasteiger partial charge in [0.25, 0.3) is 0 Å². The fourth-order valence-corrected chi connectivity index (χ4v) is 4.24. The molecule has 23 heavy (non-hydrogen) atoms. The summed E-state index contributed by atoms with van der Waals surface area (Å²) in [6.07, 6.45) is 1.63. The molecule has 1 aromatic carbocycles. The van der Waals surface area contributed by atoms with Crippen molar-refractivity contribution >= 4 is 33.3 Å². The Kier molecular flexibility index (Phi) is 3.85. The van der Waals surface area contributed by atoms with Crippen LogP contribution in [0.25, 0.3) is 20.7 Å². The van der Waals surface area contributed by atoms with Gasteiger partial charge in [0.15, 0.2) is 0 Å². The highest BCUT2D eigenvalue weighted by atomic mass is 32.2. The predicted octanol–water partition coefficient (Wildman–Crippen LogP) is 4.95. The topological polar surface area (TPSA) is 51.8 Å². The number of aryl methyl sites for hydroxylation is 1. The standard InChI is InChI=1S/C17H13N3OS2/c1-11-7-13(20-21-11)9-22-16-14-8-15(12-5-3-2-4-6-12)23-17(14)19-10-18-16/h2-8,10H,9H2,1H3. The zero-order valence-corrected chi connectivity index (χ0v) is 14.0. The van der Waals surface area contributed by atoms with Crippen molar-refractivity contribution in [3.05, 3.63) is 60.2 Å². The van der Waals surface area contributed by atoms with Crippen molar-refractivity contribution in [1.82, 2.24) is 15.1 Å². The van der Waals surface area contributed by atoms with Crippen LogP contribution in [0.1, 0.15) is 11.5 Å². The summed E-state index contributed by atoms with van der Waals surface area (Å²) >= 11 is 3.35. The monoisotopic (exact) mass is 339 g/mol. The maximum atomic E-state index is 5.11. The van der Waals surface area contributed by atoms with Gasteiger partial charge in [-0.25, -0.2) is 9.97 Å². The number of aromatic nitrogens is 3. The summed E-state index contributed by atoms with van der Waals surface area (Å²) in [5.74, 6) is 1.57. The van der Waals surface area contributed by atoms with Crippen LogP contribution in [-0.4, -0.2) is 15.1 Å². The average Bonchev–Trinajstić information content (AvgIpc) is 3.20. The number of rotatable bonds is 4. The molecule has 0 unspecified atom stereocenters. The molecule has 4 aromatic rings. The minimum absolute atomic E-state index is 0.736. The van der Waals surface area contributed by atoms with E-state index in [1.807, 2.05) is 31.2 Å². The Morgan fingerprint density at radius 3 is 2.78 bits per heavy atom. The molecule has 3 aromatic heterocycles. The maximum absolute atomic E-state index is 5.11. The summed E-state index contributed by atoms with van der Waals surface area (Å²) < 4.78 is 5.11. The molecule has 6 heteroatoms. The Labute approximate surface area is 141 Å². The van der Waals surface area contributed by atoms with Gasteiger partial charge >= 0.3 is 0 Å². The van der Waals surface area contributed by atoms with Crippen molar-refractivity contribution in [2.75, 3.05) is 0 Å². The van der Waals surface area contributed by atoms with E-state index >= 15 is 0 Å². The number of fused-ring (bicyclic) bond motifs is 1. The van der Waals surface area contributed by atoms with E-state index < -0.39 is 0 Å². The highest BCUT2D eigenvalue weighted by Gasteiger charge is 2.11. The first-order valence-corrected chi connectivity index (χ1v) is 8.95. The van der Waals surface area contributed by atoms with Gasteiger partial charge in [-0.15, -0.1) is 11.3 Å². The van der Waals surface area contributed by atoms with Crippen LogP contribution in [-0.2, 0) is 5.75 Å². The predicted molar refractivity (Wildman–Crippen MR) is 93.7 cm³/mol. The van der Waals surface area contributed by atoms with Crippen LogP contribution in [0, 0.1) is 6.92 Å². The van der Waals surface area contributed by atoms with Gasteiger partial charge < -0.3 is 4.52 Å². The highest BCUT2D eigenvalue weighted by molar-refractivity contribution is 7.98. The molecule has 0 aliphatic heterocycles. The van der Waals surface area contributed by atoms with Gasteiger partial charge in [0.05, 0.1) is 5.69 Å². The molecule has 0 N–H and O–H groups in total. The van der Waals surface area contributed by atoms with Crippen LogP contribution in [0.4, 0.5) is 0 Å². The molecule has 0 bridgehead atoms. The lowest BCUT2D eigenvalue weighted by Crippen LogP contribution is -1.85. The van der Waals surface area contributed by atoms with Gasteiger partial charge in [0.2, 0.25) is 0 Å². The molecule has 0 saturated carbocycles. The number of thiophene rings is 1. The second kappa shape index (κ2) is 6.14. The van der Waals surface area contributed by atoms with Gasteiger partial charge in [0.1, 0.15) is 21.9 Å². The first kappa shape index (κ1) is 14.4. The summed E-state index contributed by atoms with van der Waals surface area (Å²) in [5.41, 5.74) is 2.14. The van der Waals surface area contributed by atoms with Crippen molar-refractivity contribution in [2.45, 2.75) is 17.7 Å². The summed E-state index contributed by atoms with van der Waals surface area (Å²) in [6, 6.07) is 14.5. The molecular weight excluding hydrogens is 326 g/mol. The van der Waals surface area contributed by atoms with Crippen LogP contribution in [0.2, 0.25) is 0 Å². The average molecular weight is 339 g/mol. The molecule has 0 aliphatic rings. The van der Waals surface area contributed by atoms with Gasteiger partial charge in [-0.05, 0) is 18.6 Å². The summed E-state index contributed by atoms with van der Waals surface area (Å²) in [6.45, 7) is 1.90. The largest absolute Gasteiger partial charge is 0.361 e. The zero-order valence-electron chi connectivity index (χ0n) is 12.4. The van der Waals surface area contributed by atoms with Crippen molar-refractivity contribution in [2.24, 2.45) is 0 Å². The lowest BCUT2D eigenvalue weighted by Gasteiger charge is -1.99. The van der Waals surface area contributed by atoms with Gasteiger partial charge in [-0.2, -0.15) is 0 Å². The van der Waals surface area contributed by atoms with E-state index in [2.05, 4.69) is 33.3 Å². The second-order valence-corrected chi connectivity index (χ2v) is 7.09. The Balaban J connectivity index is 1.66. The van der Waals surface area contributed by atoms with E-state index in [0.29, 0.717) is 0 Å². The Morgan fingerprint density at radius 1 is 1.13 bits per heavy atom. The fraction of sp³-hybridized carbons (Fsp3) is 0.118. The highest BCUT2D eigenvalue weighted by Crippen LogP contribution is 2.36. The number of hydrogen-bond acceptors (Lipinski definition) is 6. The molecule has 0 aliphatic carbocycles. The number of thioether (sulfide) groups is 1. The maximum Gasteiger partial charge on any atom is 0.133 e. The smallest absolute Gasteiger partial charge is 0.133 e. The molecule has 0 saturated heterocycles. The van der Waals surface area contributed by atoms with E-state index in [1.165, 1.54) is 10.4 Å². The van der Waals surface area contributed by atoms with E-state index in [-0.39, 0.29) is 0 Å². The quantitative estimate of drug-likeness (QED) is 0.389. The van der Waals surface area contributed by atoms with E-state index in [1.54, 1.807) is 29.4 Å². The van der Waals surface area contributed by atoms with E-state index in [9.17, 15) is 0 Å². The fourth-order valence-electron chi connectivity index (χ4n) is 2.32. The Bertz CT molecular complexity index is 947. The third kappa shape index (κ3) is 3.00. The Morgan fingerprint density at radius 2 is 2.00 bits per heavy atom. The van der Waals surface area contributed by atoms with Crippen LogP contribution in [0.15, 0.2) is 58.3 Å². The molecule has 0 amide bonds. The molecule has 0 fully saturated rings. The number of benzene rings is 1. The molecule has 3 heterocycles. The SMILES string of the molecule is Cc1cc(CSc2ncnc3sc(-c4ccccc4)cc23)no1. The minimum Gasteiger partial charge on any atom is -0.361 e. The number of nitrogens with zero attached hydrogens (tertiary/aromatic N) is 3. The van der Waals surface area contributed by atoms with Crippen molar-refractivity contribution in [1.29, 1.82) is 0 Å². The summed E-state index contributed by atoms with van der Waals surface area (Å²) in [5, 5.41) is 6.11. The van der Waals surface area contributed by atoms with Gasteiger partial charge in [-0.3, -0.25) is 0 Å². The zero-order chi connectivity index (χ0) is 15.6. The van der Waals surface area contributed by atoms with Crippen LogP contribution in [0.3, 0.4) is 0 Å². The summed E-state index contributed by atoms with van der Waals surface area (Å²) in [7, 11) is 0. The van der Waals surface area contributed by atoms with Crippen LogP contribution >= 0.6 is 23.1 Å². The molecule has 114 valence electrons. The lowest BCUT2D eigenvalue weighted by molar-refractivity contribution is 0.393. The first-order valence-electron chi connectivity index (χ1n) is 7.14. The molecule has 4 rings (SSSR count). The van der Waals surface area contributed by atoms with Gasteiger partial charge in [-0.1, -0.05) is 47.3 Å². The minimum atomic E-state index is 0.736. The third-order valence-corrected chi connectivity index (χ3v) is 5.52. The summed E-state index contributed by atoms with van der Waals surface area (Å²) in [4.78, 5) is 11.1. The normalized spacial score (nSPS) is 11.2. The molecule has 0 spiro atoms. The second-order valence-electron chi connectivity index (χ2n) is 5.09. The van der Waals surface area contributed by atoms with Crippen molar-refractivity contribution in [3.63, 3.8) is 0 Å². The first-order chi connectivity index (χ1) is 11.3. The lowest BCUT2D eigenvalue weighted by atomic mass is 10.2. The molecular formula is C17H13N3OS2. The molecule has 4 nitrogen and oxygen atoms in total. The van der Waals surface area contributed by atoms with Crippen molar-refractivity contribution in [3.8, 4) is 10.4 Å². The van der Waals surface area contributed by atoms with Gasteiger partial charge in [0, 0.05) is 22.1 Å². The van der Waals surface area contributed by atoms with E-state index in [4.69, 9.17) is 4.52 Å². The Hall–Kier alpha value is -2.18. The van der Waals surface area contributed by atoms with Crippen molar-refractivity contribution < 1.29 is 4.52 Å².